The summed E-state index contributed by atoms with van der Waals surface area (Å²) >= 11 is 6.06. The number of anilines is 1. The molecule has 0 bridgehead atoms. The van der Waals surface area contributed by atoms with Crippen LogP contribution in [0.15, 0.2) is 12.3 Å². The van der Waals surface area contributed by atoms with Crippen LogP contribution in [0.2, 0.25) is 5.02 Å². The fourth-order valence-corrected chi connectivity index (χ4v) is 2.12. The lowest BCUT2D eigenvalue weighted by atomic mass is 10.1. The van der Waals surface area contributed by atoms with E-state index in [9.17, 15) is 4.79 Å². The lowest BCUT2D eigenvalue weighted by molar-refractivity contribution is 0.0696. The van der Waals surface area contributed by atoms with E-state index in [1.54, 1.807) is 0 Å². The number of halogens is 1. The third-order valence-electron chi connectivity index (χ3n) is 2.89. The molecule has 4 nitrogen and oxygen atoms in total. The van der Waals surface area contributed by atoms with Crippen LogP contribution >= 0.6 is 11.6 Å². The Morgan fingerprint density at radius 3 is 2.53 bits per heavy atom. The Bertz CT molecular complexity index is 405. The first-order valence-corrected chi connectivity index (χ1v) is 6.00. The first-order chi connectivity index (χ1) is 8.01. The molecule has 1 rings (SSSR count). The van der Waals surface area contributed by atoms with E-state index in [0.29, 0.717) is 16.9 Å². The van der Waals surface area contributed by atoms with Crippen LogP contribution in [0.4, 0.5) is 5.82 Å². The summed E-state index contributed by atoms with van der Waals surface area (Å²) in [5.41, 5.74) is 0.108. The molecule has 0 fully saturated rings. The van der Waals surface area contributed by atoms with Gasteiger partial charge in [0.15, 0.2) is 0 Å². The van der Waals surface area contributed by atoms with Crippen molar-refractivity contribution in [3.8, 4) is 0 Å². The van der Waals surface area contributed by atoms with Crippen molar-refractivity contribution in [2.24, 2.45) is 0 Å². The molecule has 0 aliphatic heterocycles. The molecule has 5 heteroatoms. The zero-order valence-corrected chi connectivity index (χ0v) is 11.0. The molecule has 0 aromatic carbocycles. The van der Waals surface area contributed by atoms with E-state index in [0.717, 1.165) is 12.8 Å². The summed E-state index contributed by atoms with van der Waals surface area (Å²) in [6, 6.07) is 1.79. The van der Waals surface area contributed by atoms with Crippen molar-refractivity contribution >= 4 is 23.4 Å². The number of carbonyl (C=O) groups is 1. The van der Waals surface area contributed by atoms with Crippen molar-refractivity contribution in [3.05, 3.63) is 22.8 Å². The maximum atomic E-state index is 10.8. The van der Waals surface area contributed by atoms with Crippen molar-refractivity contribution < 1.29 is 9.90 Å². The van der Waals surface area contributed by atoms with Crippen molar-refractivity contribution in [2.45, 2.75) is 32.7 Å². The molecule has 0 unspecified atom stereocenters. The summed E-state index contributed by atoms with van der Waals surface area (Å²) in [6.45, 7) is 4.20. The second-order valence-electron chi connectivity index (χ2n) is 3.92. The van der Waals surface area contributed by atoms with Gasteiger partial charge in [-0.05, 0) is 18.9 Å². The molecule has 0 radical (unpaired) electrons. The maximum absolute atomic E-state index is 10.8. The highest BCUT2D eigenvalue weighted by atomic mass is 35.5. The van der Waals surface area contributed by atoms with Gasteiger partial charge in [-0.25, -0.2) is 9.78 Å². The number of pyridine rings is 1. The smallest absolute Gasteiger partial charge is 0.337 e. The molecule has 1 aromatic rings. The summed E-state index contributed by atoms with van der Waals surface area (Å²) in [5.74, 6) is -0.387. The summed E-state index contributed by atoms with van der Waals surface area (Å²) in [7, 11) is 1.92. The Morgan fingerprint density at radius 2 is 2.12 bits per heavy atom. The zero-order valence-electron chi connectivity index (χ0n) is 10.3. The number of hydrogen-bond donors (Lipinski definition) is 1. The Labute approximate surface area is 106 Å². The quantitative estimate of drug-likeness (QED) is 0.880. The lowest BCUT2D eigenvalue weighted by Crippen LogP contribution is -2.31. The summed E-state index contributed by atoms with van der Waals surface area (Å²) in [6.07, 6.45) is 3.32. The van der Waals surface area contributed by atoms with E-state index in [1.807, 2.05) is 11.9 Å². The zero-order chi connectivity index (χ0) is 13.0. The SMILES string of the molecule is CCC(CC)N(C)c1ncc(C(=O)O)cc1Cl. The molecule has 0 aliphatic rings. The van der Waals surface area contributed by atoms with Crippen LogP contribution in [-0.4, -0.2) is 29.1 Å². The van der Waals surface area contributed by atoms with Crippen LogP contribution in [0.25, 0.3) is 0 Å². The van der Waals surface area contributed by atoms with E-state index in [2.05, 4.69) is 18.8 Å². The average Bonchev–Trinajstić information content (AvgIpc) is 2.30. The normalized spacial score (nSPS) is 10.6. The van der Waals surface area contributed by atoms with Crippen LogP contribution in [0.3, 0.4) is 0 Å². The summed E-state index contributed by atoms with van der Waals surface area (Å²) in [4.78, 5) is 16.9. The summed E-state index contributed by atoms with van der Waals surface area (Å²) < 4.78 is 0. The second kappa shape index (κ2) is 5.87. The van der Waals surface area contributed by atoms with Gasteiger partial charge in [0, 0.05) is 19.3 Å². The number of hydrogen-bond acceptors (Lipinski definition) is 3. The topological polar surface area (TPSA) is 53.4 Å². The Morgan fingerprint density at radius 1 is 1.53 bits per heavy atom. The van der Waals surface area contributed by atoms with Crippen molar-refractivity contribution in [1.29, 1.82) is 0 Å². The van der Waals surface area contributed by atoms with Gasteiger partial charge in [0.2, 0.25) is 0 Å². The molecule has 94 valence electrons. The number of rotatable bonds is 5. The second-order valence-corrected chi connectivity index (χ2v) is 4.32. The van der Waals surface area contributed by atoms with E-state index in [-0.39, 0.29) is 5.56 Å². The van der Waals surface area contributed by atoms with E-state index < -0.39 is 5.97 Å². The van der Waals surface area contributed by atoms with Crippen molar-refractivity contribution in [1.82, 2.24) is 4.98 Å². The largest absolute Gasteiger partial charge is 0.478 e. The van der Waals surface area contributed by atoms with Crippen molar-refractivity contribution in [3.63, 3.8) is 0 Å². The molecule has 0 saturated carbocycles. The first-order valence-electron chi connectivity index (χ1n) is 5.62. The minimum absolute atomic E-state index is 0.108. The van der Waals surface area contributed by atoms with Gasteiger partial charge in [0.05, 0.1) is 10.6 Å². The molecule has 17 heavy (non-hydrogen) atoms. The Balaban J connectivity index is 3.03. The van der Waals surface area contributed by atoms with Gasteiger partial charge in [-0.1, -0.05) is 25.4 Å². The van der Waals surface area contributed by atoms with Gasteiger partial charge in [0.25, 0.3) is 0 Å². The molecule has 1 aromatic heterocycles. The standard InChI is InChI=1S/C12H17ClN2O2/c1-4-9(5-2)15(3)11-10(13)6-8(7-14-11)12(16)17/h6-7,9H,4-5H2,1-3H3,(H,16,17). The van der Waals surface area contributed by atoms with Crippen molar-refractivity contribution in [2.75, 3.05) is 11.9 Å². The highest BCUT2D eigenvalue weighted by Gasteiger charge is 2.16. The average molecular weight is 257 g/mol. The van der Waals surface area contributed by atoms with E-state index in [4.69, 9.17) is 16.7 Å². The number of nitrogens with zero attached hydrogens (tertiary/aromatic N) is 2. The molecule has 1 heterocycles. The molecule has 0 amide bonds. The van der Waals surface area contributed by atoms with E-state index in [1.165, 1.54) is 12.3 Å². The fourth-order valence-electron chi connectivity index (χ4n) is 1.82. The number of carboxylic acid groups (broad SMARTS) is 1. The molecule has 0 aliphatic carbocycles. The maximum Gasteiger partial charge on any atom is 0.337 e. The Hall–Kier alpha value is -1.29. The minimum Gasteiger partial charge on any atom is -0.478 e. The minimum atomic E-state index is -1.02. The molecule has 0 spiro atoms. The molecule has 0 saturated heterocycles. The van der Waals surface area contributed by atoms with Gasteiger partial charge < -0.3 is 10.0 Å². The number of aromatic carboxylic acids is 1. The third kappa shape index (κ3) is 3.09. The van der Waals surface area contributed by atoms with Crippen LogP contribution in [0.5, 0.6) is 0 Å². The number of carboxylic acids is 1. The highest BCUT2D eigenvalue weighted by Crippen LogP contribution is 2.26. The van der Waals surface area contributed by atoms with Crippen LogP contribution < -0.4 is 4.90 Å². The highest BCUT2D eigenvalue weighted by molar-refractivity contribution is 6.33. The fraction of sp³-hybridized carbons (Fsp3) is 0.500. The third-order valence-corrected chi connectivity index (χ3v) is 3.17. The number of aromatic nitrogens is 1. The molecular formula is C12H17ClN2O2. The van der Waals surface area contributed by atoms with Gasteiger partial charge >= 0.3 is 5.97 Å². The lowest BCUT2D eigenvalue weighted by Gasteiger charge is -2.28. The van der Waals surface area contributed by atoms with Crippen LogP contribution in [0.1, 0.15) is 37.0 Å². The Kier molecular flexibility index (Phi) is 4.75. The van der Waals surface area contributed by atoms with Gasteiger partial charge in [-0.2, -0.15) is 0 Å². The predicted molar refractivity (Wildman–Crippen MR) is 69.0 cm³/mol. The first kappa shape index (κ1) is 13.8. The van der Waals surface area contributed by atoms with Gasteiger partial charge in [0.1, 0.15) is 5.82 Å². The molecular weight excluding hydrogens is 240 g/mol. The molecule has 0 atom stereocenters. The van der Waals surface area contributed by atoms with E-state index >= 15 is 0 Å². The van der Waals surface area contributed by atoms with Gasteiger partial charge in [-0.3, -0.25) is 0 Å². The predicted octanol–water partition coefficient (Wildman–Crippen LogP) is 3.06. The van der Waals surface area contributed by atoms with Crippen LogP contribution in [0, 0.1) is 0 Å². The molecule has 1 N–H and O–H groups in total. The van der Waals surface area contributed by atoms with Crippen LogP contribution in [-0.2, 0) is 0 Å². The van der Waals surface area contributed by atoms with Gasteiger partial charge in [-0.15, -0.1) is 0 Å². The monoisotopic (exact) mass is 256 g/mol. The summed E-state index contributed by atoms with van der Waals surface area (Å²) in [5, 5.41) is 9.20.